The monoisotopic (exact) mass is 601 g/mol. The van der Waals surface area contributed by atoms with E-state index in [1.54, 1.807) is 11.3 Å². The number of likely N-dealkylation sites (tertiary alicyclic amines) is 1. The van der Waals surface area contributed by atoms with Crippen molar-refractivity contribution < 1.29 is 9.59 Å². The zero-order chi connectivity index (χ0) is 24.6. The van der Waals surface area contributed by atoms with Crippen LogP contribution >= 0.6 is 34.2 Å². The molecule has 3 aromatic heterocycles. The molecule has 5 heterocycles. The molecule has 3 atom stereocenters. The summed E-state index contributed by atoms with van der Waals surface area (Å²) in [5, 5.41) is 3.77. The summed E-state index contributed by atoms with van der Waals surface area (Å²) < 4.78 is 3.35. The van der Waals surface area contributed by atoms with E-state index in [1.165, 1.54) is 10.5 Å². The van der Waals surface area contributed by atoms with E-state index < -0.39 is 0 Å². The Hall–Kier alpha value is -2.11. The van der Waals surface area contributed by atoms with Crippen molar-refractivity contribution in [3.63, 3.8) is 0 Å². The van der Waals surface area contributed by atoms with Gasteiger partial charge in [-0.2, -0.15) is 0 Å². The molecular formula is C26H28IN5O2S. The second-order valence-electron chi connectivity index (χ2n) is 10.6. The number of aryl methyl sites for hydroxylation is 2. The predicted molar refractivity (Wildman–Crippen MR) is 146 cm³/mol. The maximum atomic E-state index is 12.9. The molecule has 3 aromatic rings. The molecule has 3 aliphatic rings. The number of aromatic nitrogens is 2. The van der Waals surface area contributed by atoms with Gasteiger partial charge in [-0.05, 0) is 49.4 Å². The van der Waals surface area contributed by atoms with Crippen LogP contribution in [-0.2, 0) is 16.1 Å². The molecule has 1 aliphatic carbocycles. The normalized spacial score (nSPS) is 25.5. The average molecular weight is 602 g/mol. The Kier molecular flexibility index (Phi) is 5.46. The van der Waals surface area contributed by atoms with Gasteiger partial charge < -0.3 is 5.32 Å². The van der Waals surface area contributed by atoms with Crippen LogP contribution < -0.4 is 5.32 Å². The van der Waals surface area contributed by atoms with Gasteiger partial charge in [0.25, 0.3) is 0 Å². The van der Waals surface area contributed by atoms with Crippen LogP contribution in [-0.4, -0.2) is 48.9 Å². The van der Waals surface area contributed by atoms with Gasteiger partial charge in [-0.15, -0.1) is 11.3 Å². The number of piperidine rings is 1. The highest BCUT2D eigenvalue weighted by molar-refractivity contribution is 14.1. The van der Waals surface area contributed by atoms with Gasteiger partial charge in [0.05, 0.1) is 40.0 Å². The number of fused-ring (bicyclic) bond motifs is 2. The summed E-state index contributed by atoms with van der Waals surface area (Å²) in [6, 6.07) is 6.55. The van der Waals surface area contributed by atoms with Crippen molar-refractivity contribution >= 4 is 61.9 Å². The van der Waals surface area contributed by atoms with Crippen LogP contribution in [0.2, 0.25) is 0 Å². The van der Waals surface area contributed by atoms with Crippen LogP contribution in [0.1, 0.15) is 36.4 Å². The lowest BCUT2D eigenvalue weighted by Crippen LogP contribution is -2.35. The van der Waals surface area contributed by atoms with Crippen LogP contribution in [0.5, 0.6) is 0 Å². The summed E-state index contributed by atoms with van der Waals surface area (Å²) in [5.41, 5.74) is 5.88. The van der Waals surface area contributed by atoms with Crippen molar-refractivity contribution in [3.8, 4) is 11.3 Å². The molecule has 7 nitrogen and oxygen atoms in total. The van der Waals surface area contributed by atoms with E-state index in [1.807, 2.05) is 39.1 Å². The molecule has 2 aliphatic heterocycles. The van der Waals surface area contributed by atoms with Crippen LogP contribution in [0.3, 0.4) is 0 Å². The molecule has 0 spiro atoms. The molecule has 0 bridgehead atoms. The number of thiophene rings is 1. The summed E-state index contributed by atoms with van der Waals surface area (Å²) in [5.74, 6) is -0.363. The molecule has 1 N–H and O–H groups in total. The molecule has 2 amide bonds. The summed E-state index contributed by atoms with van der Waals surface area (Å²) in [6.45, 7) is 10.6. The maximum absolute atomic E-state index is 12.9. The van der Waals surface area contributed by atoms with E-state index in [0.29, 0.717) is 12.6 Å². The number of hydrogen-bond acceptors (Lipinski definition) is 7. The van der Waals surface area contributed by atoms with Crippen molar-refractivity contribution in [3.05, 3.63) is 40.5 Å². The second-order valence-corrected chi connectivity index (χ2v) is 13.1. The van der Waals surface area contributed by atoms with Crippen LogP contribution in [0.15, 0.2) is 24.4 Å². The molecule has 0 aromatic carbocycles. The van der Waals surface area contributed by atoms with E-state index in [4.69, 9.17) is 4.98 Å². The molecule has 3 unspecified atom stereocenters. The van der Waals surface area contributed by atoms with Crippen LogP contribution in [0.25, 0.3) is 21.5 Å². The predicted octanol–water partition coefficient (Wildman–Crippen LogP) is 4.95. The Morgan fingerprint density at radius 1 is 1.20 bits per heavy atom. The fourth-order valence-corrected chi connectivity index (χ4v) is 7.69. The minimum absolute atomic E-state index is 0.0287. The number of carbonyl (C=O) groups is 2. The van der Waals surface area contributed by atoms with Crippen molar-refractivity contribution in [2.24, 2.45) is 17.3 Å². The average Bonchev–Trinajstić information content (AvgIpc) is 3.16. The smallest absolute Gasteiger partial charge is 0.234 e. The lowest BCUT2D eigenvalue weighted by Gasteiger charge is -2.20. The third-order valence-corrected chi connectivity index (χ3v) is 9.77. The van der Waals surface area contributed by atoms with Gasteiger partial charge in [-0.1, -0.05) is 13.8 Å². The highest BCUT2D eigenvalue weighted by Crippen LogP contribution is 2.63. The first-order valence-electron chi connectivity index (χ1n) is 12.0. The Morgan fingerprint density at radius 3 is 2.63 bits per heavy atom. The summed E-state index contributed by atoms with van der Waals surface area (Å²) in [6.07, 6.45) is 2.92. The van der Waals surface area contributed by atoms with Gasteiger partial charge in [0.2, 0.25) is 11.8 Å². The van der Waals surface area contributed by atoms with E-state index in [-0.39, 0.29) is 29.1 Å². The van der Waals surface area contributed by atoms with E-state index in [9.17, 15) is 9.59 Å². The fourth-order valence-electron chi connectivity index (χ4n) is 5.82. The standard InChI is InChI=1S/C26H28IN5O2S/c1-13-9-14(2)29-22(21(13)30-15-6-8-31(27)11-15)17-5-7-28-18-10-16(35-23(17)18)12-32-24(33)19-20(25(32)34)26(19,3)4/h5,7,9-10,15,19-20,30H,6,8,11-12H2,1-4H3. The number of pyridine rings is 2. The number of hydrogen-bond donors (Lipinski definition) is 1. The molecule has 35 heavy (non-hydrogen) atoms. The van der Waals surface area contributed by atoms with Gasteiger partial charge >= 0.3 is 0 Å². The lowest BCUT2D eigenvalue weighted by molar-refractivity contribution is -0.143. The molecule has 2 saturated heterocycles. The van der Waals surface area contributed by atoms with Crippen LogP contribution in [0.4, 0.5) is 5.69 Å². The van der Waals surface area contributed by atoms with Gasteiger partial charge in [0.15, 0.2) is 0 Å². The zero-order valence-electron chi connectivity index (χ0n) is 20.3. The van der Waals surface area contributed by atoms with Gasteiger partial charge in [0.1, 0.15) is 0 Å². The first-order valence-corrected chi connectivity index (χ1v) is 13.8. The Bertz CT molecular complexity index is 1360. The van der Waals surface area contributed by atoms with Crippen LogP contribution in [0, 0.1) is 31.1 Å². The molecule has 3 fully saturated rings. The maximum Gasteiger partial charge on any atom is 0.234 e. The van der Waals surface area contributed by atoms with Gasteiger partial charge in [-0.3, -0.25) is 24.5 Å². The number of carbonyl (C=O) groups excluding carboxylic acids is 2. The first-order chi connectivity index (χ1) is 16.6. The Balaban J connectivity index is 1.35. The highest BCUT2D eigenvalue weighted by atomic mass is 127. The SMILES string of the molecule is Cc1cc(C)c(NC2CCN(I)C2)c(-c2ccnc3cc(CN4C(=O)C5C(C4=O)C5(C)C)sc23)n1. The Labute approximate surface area is 222 Å². The van der Waals surface area contributed by atoms with Crippen molar-refractivity contribution in [2.75, 3.05) is 18.4 Å². The third kappa shape index (κ3) is 3.77. The zero-order valence-corrected chi connectivity index (χ0v) is 23.2. The van der Waals surface area contributed by atoms with Crippen molar-refractivity contribution in [1.29, 1.82) is 0 Å². The highest BCUT2D eigenvalue weighted by Gasteiger charge is 2.72. The fraction of sp³-hybridized carbons (Fsp3) is 0.462. The minimum atomic E-state index is -0.189. The number of amides is 2. The van der Waals surface area contributed by atoms with Gasteiger partial charge in [0, 0.05) is 64.3 Å². The molecule has 1 saturated carbocycles. The number of nitrogens with zero attached hydrogens (tertiary/aromatic N) is 4. The minimum Gasteiger partial charge on any atom is -0.379 e. The van der Waals surface area contributed by atoms with E-state index in [2.05, 4.69) is 49.3 Å². The first kappa shape index (κ1) is 23.3. The lowest BCUT2D eigenvalue weighted by atomic mass is 10.0. The van der Waals surface area contributed by atoms with E-state index in [0.717, 1.165) is 57.2 Å². The number of halogens is 1. The molecule has 6 rings (SSSR count). The van der Waals surface area contributed by atoms with Gasteiger partial charge in [-0.25, -0.2) is 3.11 Å². The summed E-state index contributed by atoms with van der Waals surface area (Å²) in [7, 11) is 0. The van der Waals surface area contributed by atoms with Crippen molar-refractivity contribution in [1.82, 2.24) is 18.0 Å². The quantitative estimate of drug-likeness (QED) is 0.253. The summed E-state index contributed by atoms with van der Waals surface area (Å²) >= 11 is 3.99. The van der Waals surface area contributed by atoms with Crippen molar-refractivity contribution in [2.45, 2.75) is 46.7 Å². The number of rotatable bonds is 5. The Morgan fingerprint density at radius 2 is 1.94 bits per heavy atom. The number of imide groups is 1. The molecule has 0 radical (unpaired) electrons. The topological polar surface area (TPSA) is 78.4 Å². The number of anilines is 1. The summed E-state index contributed by atoms with van der Waals surface area (Å²) in [4.78, 5) is 37.7. The largest absolute Gasteiger partial charge is 0.379 e. The van der Waals surface area contributed by atoms with E-state index >= 15 is 0 Å². The third-order valence-electron chi connectivity index (χ3n) is 7.76. The molecular weight excluding hydrogens is 573 g/mol. The molecule has 9 heteroatoms. The second kappa shape index (κ2) is 8.21. The molecule has 182 valence electrons. The number of nitrogens with one attached hydrogen (secondary N) is 1.